The molecule has 0 spiro atoms. The number of ether oxygens (including phenoxy) is 1. The fraction of sp³-hybridized carbons (Fsp3) is 0.625. The van der Waals surface area contributed by atoms with Crippen LogP contribution in [0.15, 0.2) is 29.3 Å². The maximum atomic E-state index is 5.26. The van der Waals surface area contributed by atoms with Gasteiger partial charge in [-0.15, -0.1) is 10.2 Å². The summed E-state index contributed by atoms with van der Waals surface area (Å²) in [4.78, 5) is 7.50. The van der Waals surface area contributed by atoms with Crippen molar-refractivity contribution in [3.63, 3.8) is 0 Å². The second-order valence-electron chi connectivity index (χ2n) is 9.13. The van der Waals surface area contributed by atoms with E-state index in [2.05, 4.69) is 37.9 Å². The third-order valence-corrected chi connectivity index (χ3v) is 6.78. The highest BCUT2D eigenvalue weighted by Gasteiger charge is 2.26. The van der Waals surface area contributed by atoms with E-state index >= 15 is 0 Å². The van der Waals surface area contributed by atoms with Crippen molar-refractivity contribution in [3.05, 3.63) is 41.5 Å². The molecule has 1 aliphatic carbocycles. The predicted octanol–water partition coefficient (Wildman–Crippen LogP) is 2.63. The SMILES string of the molecule is COc1ccc(CN=C(NCc2nnc(C)n2C)NC2CCN(CC3CCCC3)C2)cc1. The van der Waals surface area contributed by atoms with Crippen LogP contribution in [0.25, 0.3) is 0 Å². The van der Waals surface area contributed by atoms with Gasteiger partial charge in [0.1, 0.15) is 11.6 Å². The van der Waals surface area contributed by atoms with Crippen LogP contribution in [0.3, 0.4) is 0 Å². The number of methoxy groups -OCH3 is 1. The van der Waals surface area contributed by atoms with Gasteiger partial charge in [-0.2, -0.15) is 0 Å². The van der Waals surface area contributed by atoms with Gasteiger partial charge in [0.25, 0.3) is 0 Å². The molecular weight excluding hydrogens is 402 g/mol. The summed E-state index contributed by atoms with van der Waals surface area (Å²) in [5.74, 6) is 4.39. The molecule has 2 N–H and O–H groups in total. The Morgan fingerprint density at radius 2 is 1.94 bits per heavy atom. The van der Waals surface area contributed by atoms with Gasteiger partial charge in [-0.3, -0.25) is 0 Å². The van der Waals surface area contributed by atoms with Crippen LogP contribution in [0, 0.1) is 12.8 Å². The van der Waals surface area contributed by atoms with E-state index in [4.69, 9.17) is 9.73 Å². The third kappa shape index (κ3) is 6.00. The molecule has 1 unspecified atom stereocenters. The molecule has 0 amide bonds. The Morgan fingerprint density at radius 1 is 1.16 bits per heavy atom. The Labute approximate surface area is 191 Å². The molecule has 2 fully saturated rings. The lowest BCUT2D eigenvalue weighted by atomic mass is 10.1. The summed E-state index contributed by atoms with van der Waals surface area (Å²) in [6, 6.07) is 8.49. The molecule has 1 saturated heterocycles. The fourth-order valence-corrected chi connectivity index (χ4v) is 4.69. The number of guanidine groups is 1. The quantitative estimate of drug-likeness (QED) is 0.486. The average Bonchev–Trinajstić information content (AvgIpc) is 3.55. The second-order valence-corrected chi connectivity index (χ2v) is 9.13. The number of aromatic nitrogens is 3. The van der Waals surface area contributed by atoms with E-state index in [0.717, 1.165) is 47.8 Å². The smallest absolute Gasteiger partial charge is 0.192 e. The number of hydrogen-bond acceptors (Lipinski definition) is 5. The van der Waals surface area contributed by atoms with E-state index in [9.17, 15) is 0 Å². The minimum atomic E-state index is 0.416. The molecule has 0 bridgehead atoms. The van der Waals surface area contributed by atoms with E-state index in [1.165, 1.54) is 38.8 Å². The van der Waals surface area contributed by atoms with Crippen molar-refractivity contribution in [3.8, 4) is 5.75 Å². The van der Waals surface area contributed by atoms with Gasteiger partial charge in [-0.05, 0) is 49.8 Å². The summed E-state index contributed by atoms with van der Waals surface area (Å²) in [6.07, 6.45) is 6.78. The molecule has 32 heavy (non-hydrogen) atoms. The monoisotopic (exact) mass is 439 g/mol. The van der Waals surface area contributed by atoms with Gasteiger partial charge >= 0.3 is 0 Å². The molecule has 2 aromatic rings. The van der Waals surface area contributed by atoms with Gasteiger partial charge in [0.2, 0.25) is 0 Å². The second kappa shape index (κ2) is 10.8. The Bertz CT molecular complexity index is 886. The van der Waals surface area contributed by atoms with Crippen LogP contribution < -0.4 is 15.4 Å². The van der Waals surface area contributed by atoms with Gasteiger partial charge in [0.05, 0.1) is 20.2 Å². The molecule has 8 nitrogen and oxygen atoms in total. The minimum Gasteiger partial charge on any atom is -0.497 e. The zero-order valence-electron chi connectivity index (χ0n) is 19.7. The summed E-state index contributed by atoms with van der Waals surface area (Å²) >= 11 is 0. The fourth-order valence-electron chi connectivity index (χ4n) is 4.69. The number of aliphatic imine (C=N–C) groups is 1. The van der Waals surface area contributed by atoms with Crippen molar-refractivity contribution in [1.82, 2.24) is 30.3 Å². The predicted molar refractivity (Wildman–Crippen MR) is 127 cm³/mol. The van der Waals surface area contributed by atoms with Gasteiger partial charge in [0.15, 0.2) is 11.8 Å². The number of hydrogen-bond donors (Lipinski definition) is 2. The van der Waals surface area contributed by atoms with Crippen molar-refractivity contribution in [2.75, 3.05) is 26.7 Å². The minimum absolute atomic E-state index is 0.416. The molecule has 8 heteroatoms. The van der Waals surface area contributed by atoms with E-state index < -0.39 is 0 Å². The first-order valence-corrected chi connectivity index (χ1v) is 11.9. The zero-order chi connectivity index (χ0) is 22.3. The van der Waals surface area contributed by atoms with E-state index in [0.29, 0.717) is 19.1 Å². The molecule has 2 aliphatic rings. The molecule has 1 aromatic heterocycles. The van der Waals surface area contributed by atoms with Crippen molar-refractivity contribution >= 4 is 5.96 Å². The first-order chi connectivity index (χ1) is 15.6. The lowest BCUT2D eigenvalue weighted by Crippen LogP contribution is -2.45. The Hall–Kier alpha value is -2.61. The van der Waals surface area contributed by atoms with E-state index in [1.54, 1.807) is 7.11 Å². The highest BCUT2D eigenvalue weighted by atomic mass is 16.5. The van der Waals surface area contributed by atoms with Gasteiger partial charge in [-0.1, -0.05) is 25.0 Å². The third-order valence-electron chi connectivity index (χ3n) is 6.78. The summed E-state index contributed by atoms with van der Waals surface area (Å²) in [6.45, 7) is 6.66. The topological polar surface area (TPSA) is 79.6 Å². The number of rotatable bonds is 8. The molecule has 1 saturated carbocycles. The molecule has 1 atom stereocenters. The summed E-state index contributed by atoms with van der Waals surface area (Å²) in [7, 11) is 3.68. The van der Waals surface area contributed by atoms with Gasteiger partial charge in [0, 0.05) is 32.7 Å². The molecule has 174 valence electrons. The van der Waals surface area contributed by atoms with Crippen LogP contribution in [-0.2, 0) is 20.1 Å². The Balaban J connectivity index is 1.37. The highest BCUT2D eigenvalue weighted by molar-refractivity contribution is 5.80. The maximum Gasteiger partial charge on any atom is 0.192 e. The van der Waals surface area contributed by atoms with Crippen molar-refractivity contribution in [2.45, 2.75) is 58.2 Å². The number of nitrogens with one attached hydrogen (secondary N) is 2. The van der Waals surface area contributed by atoms with Crippen LogP contribution in [0.5, 0.6) is 5.75 Å². The maximum absolute atomic E-state index is 5.26. The van der Waals surface area contributed by atoms with Crippen LogP contribution in [0.1, 0.15) is 49.3 Å². The first-order valence-electron chi connectivity index (χ1n) is 11.9. The molecule has 1 aliphatic heterocycles. The van der Waals surface area contributed by atoms with Crippen LogP contribution in [-0.4, -0.2) is 58.4 Å². The largest absolute Gasteiger partial charge is 0.497 e. The average molecular weight is 440 g/mol. The van der Waals surface area contributed by atoms with E-state index in [1.807, 2.05) is 30.7 Å². The van der Waals surface area contributed by atoms with Crippen LogP contribution in [0.4, 0.5) is 0 Å². The molecule has 1 aromatic carbocycles. The molecule has 0 radical (unpaired) electrons. The number of aryl methyl sites for hydroxylation is 1. The summed E-state index contributed by atoms with van der Waals surface area (Å²) < 4.78 is 7.27. The number of likely N-dealkylation sites (tertiary alicyclic amines) is 1. The van der Waals surface area contributed by atoms with Crippen molar-refractivity contribution in [1.29, 1.82) is 0 Å². The molecular formula is C24H37N7O. The first kappa shape index (κ1) is 22.6. The molecule has 2 heterocycles. The summed E-state index contributed by atoms with van der Waals surface area (Å²) in [5.41, 5.74) is 1.15. The number of benzene rings is 1. The molecule has 4 rings (SSSR count). The Kier molecular flexibility index (Phi) is 7.63. The van der Waals surface area contributed by atoms with Crippen LogP contribution >= 0.6 is 0 Å². The lowest BCUT2D eigenvalue weighted by molar-refractivity contribution is 0.275. The van der Waals surface area contributed by atoms with Crippen molar-refractivity contribution in [2.24, 2.45) is 18.0 Å². The zero-order valence-corrected chi connectivity index (χ0v) is 19.7. The van der Waals surface area contributed by atoms with Gasteiger partial charge in [-0.25, -0.2) is 4.99 Å². The van der Waals surface area contributed by atoms with E-state index in [-0.39, 0.29) is 0 Å². The van der Waals surface area contributed by atoms with Crippen molar-refractivity contribution < 1.29 is 4.74 Å². The highest BCUT2D eigenvalue weighted by Crippen LogP contribution is 2.26. The van der Waals surface area contributed by atoms with Gasteiger partial charge < -0.3 is 24.8 Å². The normalized spacial score (nSPS) is 20.1. The Morgan fingerprint density at radius 3 is 2.62 bits per heavy atom. The lowest BCUT2D eigenvalue weighted by Gasteiger charge is -2.21. The van der Waals surface area contributed by atoms with Crippen LogP contribution in [0.2, 0.25) is 0 Å². The summed E-state index contributed by atoms with van der Waals surface area (Å²) in [5, 5.41) is 15.6. The standard InChI is InChI=1S/C24H37N7O/c1-18-28-29-23(30(18)2)15-26-24(25-14-19-8-10-22(32-3)11-9-19)27-21-12-13-31(17-21)16-20-6-4-5-7-20/h8-11,20-21H,4-7,12-17H2,1-3H3,(H2,25,26,27). The number of nitrogens with zero attached hydrogens (tertiary/aromatic N) is 5.